The Morgan fingerprint density at radius 2 is 2.06 bits per heavy atom. The van der Waals surface area contributed by atoms with Gasteiger partial charge in [-0.3, -0.25) is 4.79 Å². The molecule has 2 aromatic heterocycles. The summed E-state index contributed by atoms with van der Waals surface area (Å²) in [5.41, 5.74) is 2.16. The van der Waals surface area contributed by atoms with E-state index in [4.69, 9.17) is 14.8 Å². The van der Waals surface area contributed by atoms with Gasteiger partial charge >= 0.3 is 0 Å². The molecule has 5 rings (SSSR count). The first kappa shape index (κ1) is 20.5. The largest absolute Gasteiger partial charge is 0.493 e. The first-order valence-corrected chi connectivity index (χ1v) is 11.4. The minimum Gasteiger partial charge on any atom is -0.493 e. The van der Waals surface area contributed by atoms with Crippen molar-refractivity contribution in [3.63, 3.8) is 0 Å². The molecule has 1 N–H and O–H groups in total. The van der Waals surface area contributed by atoms with Crippen molar-refractivity contribution in [2.24, 2.45) is 5.92 Å². The molecule has 0 aliphatic heterocycles. The van der Waals surface area contributed by atoms with Gasteiger partial charge < -0.3 is 10.1 Å². The molecule has 2 fully saturated rings. The minimum absolute atomic E-state index is 0.0333. The highest BCUT2D eigenvalue weighted by Gasteiger charge is 2.55. The number of fused-ring (bicyclic) bond motifs is 1. The molecule has 32 heavy (non-hydrogen) atoms. The summed E-state index contributed by atoms with van der Waals surface area (Å²) in [6, 6.07) is 13.3. The molecule has 0 atom stereocenters. The summed E-state index contributed by atoms with van der Waals surface area (Å²) < 4.78 is 7.26. The number of carbonyl (C=O) groups excluding carboxylic acids is 1. The summed E-state index contributed by atoms with van der Waals surface area (Å²) in [7, 11) is 1.60. The van der Waals surface area contributed by atoms with Crippen molar-refractivity contribution in [2.75, 3.05) is 13.7 Å². The van der Waals surface area contributed by atoms with E-state index in [1.54, 1.807) is 17.7 Å². The molecular formula is C25H27N5O2. The second kappa shape index (κ2) is 8.27. The quantitative estimate of drug-likeness (QED) is 0.639. The number of methoxy groups -OCH3 is 1. The van der Waals surface area contributed by atoms with Crippen molar-refractivity contribution in [3.05, 3.63) is 47.8 Å². The molecule has 0 spiro atoms. The molecule has 2 heterocycles. The number of pyridine rings is 1. The van der Waals surface area contributed by atoms with E-state index in [1.165, 1.54) is 32.1 Å². The summed E-state index contributed by atoms with van der Waals surface area (Å²) in [6.45, 7) is 0.740. The van der Waals surface area contributed by atoms with Crippen molar-refractivity contribution < 1.29 is 9.53 Å². The number of nitriles is 1. The molecule has 164 valence electrons. The monoisotopic (exact) mass is 429 g/mol. The lowest BCUT2D eigenvalue weighted by atomic mass is 9.89. The number of amides is 1. The SMILES string of the molecule is COc1ccc(-c2cccc(C#N)c2)n2nc(C3(C(=O)NCC4CCCCC4)CC3)nc12. The van der Waals surface area contributed by atoms with Gasteiger partial charge in [0.1, 0.15) is 5.41 Å². The number of aromatic nitrogens is 3. The number of hydrogen-bond acceptors (Lipinski definition) is 5. The summed E-state index contributed by atoms with van der Waals surface area (Å²) in [5.74, 6) is 1.76. The third kappa shape index (κ3) is 3.60. The lowest BCUT2D eigenvalue weighted by Gasteiger charge is -2.22. The lowest BCUT2D eigenvalue weighted by molar-refractivity contribution is -0.124. The molecule has 0 unspecified atom stereocenters. The highest BCUT2D eigenvalue weighted by Crippen LogP contribution is 2.47. The average Bonchev–Trinajstić information content (AvgIpc) is 3.54. The highest BCUT2D eigenvalue weighted by molar-refractivity contribution is 5.90. The van der Waals surface area contributed by atoms with Crippen LogP contribution in [0.15, 0.2) is 36.4 Å². The fraction of sp³-hybridized carbons (Fsp3) is 0.440. The molecule has 2 aliphatic carbocycles. The molecule has 0 radical (unpaired) electrons. The number of ether oxygens (including phenoxy) is 1. The van der Waals surface area contributed by atoms with E-state index in [1.807, 2.05) is 30.3 Å². The zero-order valence-electron chi connectivity index (χ0n) is 18.3. The van der Waals surface area contributed by atoms with Crippen molar-refractivity contribution in [3.8, 4) is 23.1 Å². The van der Waals surface area contributed by atoms with Crippen LogP contribution in [0.4, 0.5) is 0 Å². The van der Waals surface area contributed by atoms with E-state index < -0.39 is 5.41 Å². The van der Waals surface area contributed by atoms with Crippen LogP contribution in [-0.4, -0.2) is 34.2 Å². The maximum Gasteiger partial charge on any atom is 0.234 e. The van der Waals surface area contributed by atoms with Gasteiger partial charge in [-0.1, -0.05) is 31.4 Å². The summed E-state index contributed by atoms with van der Waals surface area (Å²) in [4.78, 5) is 17.9. The Balaban J connectivity index is 1.48. The Kier molecular flexibility index (Phi) is 5.30. The van der Waals surface area contributed by atoms with Crippen LogP contribution in [0.1, 0.15) is 56.3 Å². The van der Waals surface area contributed by atoms with Gasteiger partial charge in [-0.15, -0.1) is 5.10 Å². The van der Waals surface area contributed by atoms with Gasteiger partial charge in [-0.05, 0) is 55.9 Å². The van der Waals surface area contributed by atoms with Crippen LogP contribution >= 0.6 is 0 Å². The average molecular weight is 430 g/mol. The van der Waals surface area contributed by atoms with Crippen molar-refractivity contribution in [1.29, 1.82) is 5.26 Å². The third-order valence-corrected chi connectivity index (χ3v) is 6.84. The second-order valence-corrected chi connectivity index (χ2v) is 8.95. The van der Waals surface area contributed by atoms with Crippen molar-refractivity contribution in [1.82, 2.24) is 19.9 Å². The molecule has 3 aromatic rings. The Morgan fingerprint density at radius 1 is 1.25 bits per heavy atom. The van der Waals surface area contributed by atoms with Crippen LogP contribution in [-0.2, 0) is 10.2 Å². The molecule has 1 aromatic carbocycles. The Hall–Kier alpha value is -3.40. The number of carbonyl (C=O) groups is 1. The van der Waals surface area contributed by atoms with Gasteiger partial charge in [-0.2, -0.15) is 5.26 Å². The Labute approximate surface area is 187 Å². The summed E-state index contributed by atoms with van der Waals surface area (Å²) >= 11 is 0. The maximum atomic E-state index is 13.2. The van der Waals surface area contributed by atoms with E-state index in [0.717, 1.165) is 30.6 Å². The van der Waals surface area contributed by atoms with Crippen LogP contribution in [0.5, 0.6) is 5.75 Å². The molecule has 0 bridgehead atoms. The summed E-state index contributed by atoms with van der Waals surface area (Å²) in [6.07, 6.45) is 7.72. The number of rotatable bonds is 6. The zero-order valence-corrected chi connectivity index (χ0v) is 18.3. The van der Waals surface area contributed by atoms with Crippen LogP contribution < -0.4 is 10.1 Å². The van der Waals surface area contributed by atoms with Crippen LogP contribution in [0.25, 0.3) is 16.9 Å². The van der Waals surface area contributed by atoms with E-state index in [-0.39, 0.29) is 5.91 Å². The number of nitrogens with one attached hydrogen (secondary N) is 1. The summed E-state index contributed by atoms with van der Waals surface area (Å²) in [5, 5.41) is 17.3. The molecule has 7 heteroatoms. The van der Waals surface area contributed by atoms with Gasteiger partial charge in [0.15, 0.2) is 17.2 Å². The van der Waals surface area contributed by atoms with E-state index >= 15 is 0 Å². The number of benzene rings is 1. The van der Waals surface area contributed by atoms with Gasteiger partial charge in [-0.25, -0.2) is 9.50 Å². The lowest BCUT2D eigenvalue weighted by Crippen LogP contribution is -2.38. The van der Waals surface area contributed by atoms with Crippen LogP contribution in [0.3, 0.4) is 0 Å². The normalized spacial score (nSPS) is 17.6. The van der Waals surface area contributed by atoms with Crippen LogP contribution in [0, 0.1) is 17.2 Å². The highest BCUT2D eigenvalue weighted by atomic mass is 16.5. The molecule has 2 aliphatic rings. The molecule has 2 saturated carbocycles. The number of nitrogens with zero attached hydrogens (tertiary/aromatic N) is 4. The van der Waals surface area contributed by atoms with Gasteiger partial charge in [0.2, 0.25) is 5.91 Å². The molecule has 7 nitrogen and oxygen atoms in total. The van der Waals surface area contributed by atoms with Crippen molar-refractivity contribution in [2.45, 2.75) is 50.4 Å². The van der Waals surface area contributed by atoms with Gasteiger partial charge in [0.05, 0.1) is 24.4 Å². The topological polar surface area (TPSA) is 92.3 Å². The second-order valence-electron chi connectivity index (χ2n) is 8.95. The first-order valence-electron chi connectivity index (χ1n) is 11.4. The fourth-order valence-electron chi connectivity index (χ4n) is 4.74. The van der Waals surface area contributed by atoms with E-state index in [0.29, 0.717) is 28.7 Å². The van der Waals surface area contributed by atoms with Gasteiger partial charge in [0, 0.05) is 12.1 Å². The predicted molar refractivity (Wildman–Crippen MR) is 120 cm³/mol. The van der Waals surface area contributed by atoms with E-state index in [9.17, 15) is 10.1 Å². The standard InChI is InChI=1S/C25H27N5O2/c1-32-21-11-10-20(19-9-5-8-18(14-19)15-26)30-22(21)28-23(29-30)25(12-13-25)24(31)27-16-17-6-3-2-4-7-17/h5,8-11,14,17H,2-4,6-7,12-13,16H2,1H3,(H,27,31). The number of hydrogen-bond donors (Lipinski definition) is 1. The smallest absolute Gasteiger partial charge is 0.234 e. The Bertz CT molecular complexity index is 1200. The maximum absolute atomic E-state index is 13.2. The fourth-order valence-corrected chi connectivity index (χ4v) is 4.74. The molecule has 0 saturated heterocycles. The molecule has 1 amide bonds. The van der Waals surface area contributed by atoms with Gasteiger partial charge in [0.25, 0.3) is 0 Å². The van der Waals surface area contributed by atoms with E-state index in [2.05, 4.69) is 11.4 Å². The van der Waals surface area contributed by atoms with Crippen molar-refractivity contribution >= 4 is 11.6 Å². The zero-order chi connectivity index (χ0) is 22.1. The third-order valence-electron chi connectivity index (χ3n) is 6.84. The Morgan fingerprint density at radius 3 is 2.78 bits per heavy atom. The predicted octanol–water partition coefficient (Wildman–Crippen LogP) is 4.00. The first-order chi connectivity index (χ1) is 15.6. The minimum atomic E-state index is -0.655. The van der Waals surface area contributed by atoms with Crippen LogP contribution in [0.2, 0.25) is 0 Å². The molecular weight excluding hydrogens is 402 g/mol.